The van der Waals surface area contributed by atoms with Gasteiger partial charge in [0.15, 0.2) is 0 Å². The average molecular weight is 253 g/mol. The smallest absolute Gasteiger partial charge is 0.00178 e. The molecule has 1 aliphatic carbocycles. The van der Waals surface area contributed by atoms with Crippen LogP contribution in [0.2, 0.25) is 0 Å². The number of hydrogen-bond donors (Lipinski definition) is 1. The van der Waals surface area contributed by atoms with E-state index in [-0.39, 0.29) is 0 Å². The van der Waals surface area contributed by atoms with Gasteiger partial charge in [0.2, 0.25) is 0 Å². The molecule has 0 aromatic carbocycles. The van der Waals surface area contributed by atoms with Crippen LogP contribution in [-0.2, 0) is 0 Å². The first-order valence-electron chi connectivity index (χ1n) is 8.44. The van der Waals surface area contributed by atoms with Crippen molar-refractivity contribution in [3.05, 3.63) is 0 Å². The largest absolute Gasteiger partial charge is 0.316 e. The standard InChI is InChI=1S/C17H35N/c1-4-5-6-7-12-17(14-18-13-15(2)3)16-10-8-9-11-16/h15-18H,4-14H2,1-3H3. The quantitative estimate of drug-likeness (QED) is 0.540. The van der Waals surface area contributed by atoms with E-state index in [4.69, 9.17) is 0 Å². The molecule has 1 N–H and O–H groups in total. The molecule has 1 heteroatoms. The highest BCUT2D eigenvalue weighted by Gasteiger charge is 2.24. The predicted octanol–water partition coefficient (Wildman–Crippen LogP) is 5.01. The van der Waals surface area contributed by atoms with Crippen LogP contribution in [0.5, 0.6) is 0 Å². The third kappa shape index (κ3) is 6.78. The Morgan fingerprint density at radius 3 is 2.33 bits per heavy atom. The number of nitrogens with one attached hydrogen (secondary N) is 1. The molecule has 1 atom stereocenters. The fourth-order valence-corrected chi connectivity index (χ4v) is 3.32. The summed E-state index contributed by atoms with van der Waals surface area (Å²) in [5, 5.41) is 3.70. The average Bonchev–Trinajstić information content (AvgIpc) is 2.85. The third-order valence-electron chi connectivity index (χ3n) is 4.45. The minimum Gasteiger partial charge on any atom is -0.316 e. The van der Waals surface area contributed by atoms with Crippen molar-refractivity contribution in [1.82, 2.24) is 5.32 Å². The van der Waals surface area contributed by atoms with Crippen molar-refractivity contribution in [2.75, 3.05) is 13.1 Å². The Kier molecular flexibility index (Phi) is 8.75. The van der Waals surface area contributed by atoms with Crippen molar-refractivity contribution in [1.29, 1.82) is 0 Å². The van der Waals surface area contributed by atoms with Crippen LogP contribution >= 0.6 is 0 Å². The SMILES string of the molecule is CCCCCCC(CNCC(C)C)C1CCCC1. The molecule has 0 heterocycles. The van der Waals surface area contributed by atoms with Crippen molar-refractivity contribution in [2.45, 2.75) is 78.6 Å². The number of hydrogen-bond acceptors (Lipinski definition) is 1. The zero-order valence-corrected chi connectivity index (χ0v) is 13.0. The number of rotatable bonds is 10. The van der Waals surface area contributed by atoms with E-state index in [1.54, 1.807) is 0 Å². The molecule has 18 heavy (non-hydrogen) atoms. The van der Waals surface area contributed by atoms with Gasteiger partial charge in [-0.3, -0.25) is 0 Å². The third-order valence-corrected chi connectivity index (χ3v) is 4.45. The van der Waals surface area contributed by atoms with Gasteiger partial charge in [-0.05, 0) is 37.3 Å². The van der Waals surface area contributed by atoms with Gasteiger partial charge in [0.05, 0.1) is 0 Å². The molecule has 1 aliphatic rings. The molecule has 108 valence electrons. The summed E-state index contributed by atoms with van der Waals surface area (Å²) >= 11 is 0. The summed E-state index contributed by atoms with van der Waals surface area (Å²) < 4.78 is 0. The molecule has 0 amide bonds. The Morgan fingerprint density at radius 1 is 1.00 bits per heavy atom. The molecular weight excluding hydrogens is 218 g/mol. The number of unbranched alkanes of at least 4 members (excludes halogenated alkanes) is 3. The van der Waals surface area contributed by atoms with Crippen LogP contribution in [0.25, 0.3) is 0 Å². The van der Waals surface area contributed by atoms with Crippen LogP contribution in [-0.4, -0.2) is 13.1 Å². The van der Waals surface area contributed by atoms with Crippen LogP contribution < -0.4 is 5.32 Å². The second-order valence-corrected chi connectivity index (χ2v) is 6.71. The molecule has 0 aromatic rings. The molecule has 0 aromatic heterocycles. The predicted molar refractivity (Wildman–Crippen MR) is 81.9 cm³/mol. The zero-order chi connectivity index (χ0) is 13.2. The Morgan fingerprint density at radius 2 is 1.72 bits per heavy atom. The van der Waals surface area contributed by atoms with Crippen molar-refractivity contribution in [3.63, 3.8) is 0 Å². The van der Waals surface area contributed by atoms with Gasteiger partial charge in [-0.15, -0.1) is 0 Å². The Hall–Kier alpha value is -0.0400. The second kappa shape index (κ2) is 9.83. The summed E-state index contributed by atoms with van der Waals surface area (Å²) in [4.78, 5) is 0. The highest BCUT2D eigenvalue weighted by molar-refractivity contribution is 4.77. The van der Waals surface area contributed by atoms with Gasteiger partial charge in [0.1, 0.15) is 0 Å². The summed E-state index contributed by atoms with van der Waals surface area (Å²) in [6.07, 6.45) is 13.1. The fraction of sp³-hybridized carbons (Fsp3) is 1.00. The Bertz CT molecular complexity index is 182. The van der Waals surface area contributed by atoms with Crippen molar-refractivity contribution < 1.29 is 0 Å². The minimum atomic E-state index is 0.786. The van der Waals surface area contributed by atoms with Gasteiger partial charge >= 0.3 is 0 Å². The summed E-state index contributed by atoms with van der Waals surface area (Å²) in [7, 11) is 0. The first kappa shape index (κ1) is 16.0. The summed E-state index contributed by atoms with van der Waals surface area (Å²) in [5.74, 6) is 2.78. The summed E-state index contributed by atoms with van der Waals surface area (Å²) in [5.41, 5.74) is 0. The van der Waals surface area contributed by atoms with Gasteiger partial charge in [-0.2, -0.15) is 0 Å². The van der Waals surface area contributed by atoms with Crippen LogP contribution in [0.1, 0.15) is 78.6 Å². The van der Waals surface area contributed by atoms with E-state index in [2.05, 4.69) is 26.1 Å². The van der Waals surface area contributed by atoms with Crippen LogP contribution in [0.15, 0.2) is 0 Å². The summed E-state index contributed by atoms with van der Waals surface area (Å²) in [6, 6.07) is 0. The highest BCUT2D eigenvalue weighted by Crippen LogP contribution is 2.33. The molecule has 1 saturated carbocycles. The van der Waals surface area contributed by atoms with E-state index >= 15 is 0 Å². The first-order valence-corrected chi connectivity index (χ1v) is 8.44. The van der Waals surface area contributed by atoms with Crippen molar-refractivity contribution in [3.8, 4) is 0 Å². The normalized spacial score (nSPS) is 18.7. The first-order chi connectivity index (χ1) is 8.74. The van der Waals surface area contributed by atoms with Gasteiger partial charge in [0.25, 0.3) is 0 Å². The molecule has 0 saturated heterocycles. The lowest BCUT2D eigenvalue weighted by molar-refractivity contribution is 0.291. The van der Waals surface area contributed by atoms with Crippen LogP contribution in [0.3, 0.4) is 0 Å². The summed E-state index contributed by atoms with van der Waals surface area (Å²) in [6.45, 7) is 9.38. The van der Waals surface area contributed by atoms with Crippen LogP contribution in [0, 0.1) is 17.8 Å². The molecule has 0 radical (unpaired) electrons. The zero-order valence-electron chi connectivity index (χ0n) is 13.0. The lowest BCUT2D eigenvalue weighted by Gasteiger charge is -2.24. The van der Waals surface area contributed by atoms with Gasteiger partial charge in [-0.1, -0.05) is 72.1 Å². The molecular formula is C17H35N. The van der Waals surface area contributed by atoms with Gasteiger partial charge < -0.3 is 5.32 Å². The maximum absolute atomic E-state index is 3.70. The molecule has 0 aliphatic heterocycles. The van der Waals surface area contributed by atoms with E-state index in [1.807, 2.05) is 0 Å². The monoisotopic (exact) mass is 253 g/mol. The molecule has 1 nitrogen and oxygen atoms in total. The lowest BCUT2D eigenvalue weighted by Crippen LogP contribution is -2.30. The molecule has 1 fully saturated rings. The molecule has 1 unspecified atom stereocenters. The van der Waals surface area contributed by atoms with E-state index < -0.39 is 0 Å². The van der Waals surface area contributed by atoms with Crippen LogP contribution in [0.4, 0.5) is 0 Å². The maximum Gasteiger partial charge on any atom is -0.00178 e. The second-order valence-electron chi connectivity index (χ2n) is 6.71. The van der Waals surface area contributed by atoms with E-state index in [1.165, 1.54) is 70.9 Å². The van der Waals surface area contributed by atoms with E-state index in [9.17, 15) is 0 Å². The van der Waals surface area contributed by atoms with Gasteiger partial charge in [-0.25, -0.2) is 0 Å². The van der Waals surface area contributed by atoms with Gasteiger partial charge in [0, 0.05) is 0 Å². The lowest BCUT2D eigenvalue weighted by atomic mass is 9.86. The van der Waals surface area contributed by atoms with E-state index in [0.717, 1.165) is 17.8 Å². The Balaban J connectivity index is 2.22. The molecule has 1 rings (SSSR count). The topological polar surface area (TPSA) is 12.0 Å². The highest BCUT2D eigenvalue weighted by atomic mass is 14.9. The molecule has 0 spiro atoms. The maximum atomic E-state index is 3.70. The van der Waals surface area contributed by atoms with Crippen molar-refractivity contribution in [2.24, 2.45) is 17.8 Å². The minimum absolute atomic E-state index is 0.786. The van der Waals surface area contributed by atoms with Crippen molar-refractivity contribution >= 4 is 0 Å². The fourth-order valence-electron chi connectivity index (χ4n) is 3.32. The Labute approximate surface area is 115 Å². The molecule has 0 bridgehead atoms. The van der Waals surface area contributed by atoms with E-state index in [0.29, 0.717) is 0 Å².